The quantitative estimate of drug-likeness (QED) is 0.805. The molecule has 4 nitrogen and oxygen atoms in total. The standard InChI is InChI=1S/C18H27N3O.2ClH/c1-14(16-11-19-12-16)18(22)20-13-17(21-9-5-6-10-21)15-7-3-2-4-8-15;;/h2-4,7-8,14,16-17,19H,5-6,9-13H2,1H3,(H,20,22);2*1H. The Hall–Kier alpha value is -0.810. The van der Waals surface area contributed by atoms with E-state index in [9.17, 15) is 4.79 Å². The van der Waals surface area contributed by atoms with Crippen LogP contribution in [0.4, 0.5) is 0 Å². The first-order chi connectivity index (χ1) is 10.8. The minimum atomic E-state index is 0. The molecule has 0 saturated carbocycles. The number of nitrogens with zero attached hydrogens (tertiary/aromatic N) is 1. The number of halogens is 2. The summed E-state index contributed by atoms with van der Waals surface area (Å²) in [5.41, 5.74) is 1.31. The summed E-state index contributed by atoms with van der Waals surface area (Å²) in [5.74, 6) is 0.810. The first-order valence-corrected chi connectivity index (χ1v) is 8.53. The van der Waals surface area contributed by atoms with Gasteiger partial charge in [-0.05, 0) is 50.5 Å². The summed E-state index contributed by atoms with van der Waals surface area (Å²) in [4.78, 5) is 14.9. The number of hydrogen-bond donors (Lipinski definition) is 2. The van der Waals surface area contributed by atoms with Gasteiger partial charge in [0, 0.05) is 12.5 Å². The molecular formula is C18H29Cl2N3O. The van der Waals surface area contributed by atoms with Gasteiger partial charge in [-0.1, -0.05) is 37.3 Å². The smallest absolute Gasteiger partial charge is 0.223 e. The van der Waals surface area contributed by atoms with Crippen LogP contribution in [0.5, 0.6) is 0 Å². The summed E-state index contributed by atoms with van der Waals surface area (Å²) in [6.07, 6.45) is 2.53. The molecule has 0 spiro atoms. The van der Waals surface area contributed by atoms with Gasteiger partial charge in [0.25, 0.3) is 0 Å². The van der Waals surface area contributed by atoms with Crippen LogP contribution in [0, 0.1) is 11.8 Å². The van der Waals surface area contributed by atoms with Gasteiger partial charge < -0.3 is 10.6 Å². The zero-order chi connectivity index (χ0) is 15.4. The molecule has 2 unspecified atom stereocenters. The Bertz CT molecular complexity index is 490. The van der Waals surface area contributed by atoms with Crippen molar-refractivity contribution in [2.75, 3.05) is 32.7 Å². The number of carbonyl (C=O) groups excluding carboxylic acids is 1. The Morgan fingerprint density at radius 3 is 2.38 bits per heavy atom. The topological polar surface area (TPSA) is 44.4 Å². The first kappa shape index (κ1) is 21.2. The van der Waals surface area contributed by atoms with Crippen molar-refractivity contribution in [3.63, 3.8) is 0 Å². The van der Waals surface area contributed by atoms with Crippen LogP contribution in [0.15, 0.2) is 30.3 Å². The number of benzene rings is 1. The molecular weight excluding hydrogens is 345 g/mol. The summed E-state index contributed by atoms with van der Waals surface area (Å²) in [6.45, 7) is 6.99. The molecule has 0 aliphatic carbocycles. The van der Waals surface area contributed by atoms with Crippen LogP contribution in [0.1, 0.15) is 31.4 Å². The molecule has 136 valence electrons. The number of amides is 1. The highest BCUT2D eigenvalue weighted by Gasteiger charge is 2.30. The fourth-order valence-corrected chi connectivity index (χ4v) is 3.42. The largest absolute Gasteiger partial charge is 0.354 e. The first-order valence-electron chi connectivity index (χ1n) is 8.53. The summed E-state index contributed by atoms with van der Waals surface area (Å²) < 4.78 is 0. The van der Waals surface area contributed by atoms with Gasteiger partial charge in [-0.15, -0.1) is 24.8 Å². The molecule has 1 aromatic rings. The van der Waals surface area contributed by atoms with E-state index in [4.69, 9.17) is 0 Å². The highest BCUT2D eigenvalue weighted by molar-refractivity contribution is 5.85. The lowest BCUT2D eigenvalue weighted by Crippen LogP contribution is -2.50. The van der Waals surface area contributed by atoms with E-state index in [0.29, 0.717) is 18.5 Å². The molecule has 2 saturated heterocycles. The molecule has 2 atom stereocenters. The van der Waals surface area contributed by atoms with Crippen molar-refractivity contribution in [2.24, 2.45) is 11.8 Å². The third-order valence-corrected chi connectivity index (χ3v) is 5.17. The van der Waals surface area contributed by atoms with Gasteiger partial charge in [0.15, 0.2) is 0 Å². The average Bonchev–Trinajstić information content (AvgIpc) is 3.00. The van der Waals surface area contributed by atoms with E-state index in [2.05, 4.69) is 45.9 Å². The van der Waals surface area contributed by atoms with Gasteiger partial charge >= 0.3 is 0 Å². The van der Waals surface area contributed by atoms with Crippen LogP contribution in [-0.2, 0) is 4.79 Å². The maximum Gasteiger partial charge on any atom is 0.223 e. The highest BCUT2D eigenvalue weighted by atomic mass is 35.5. The number of carbonyl (C=O) groups is 1. The Kier molecular flexibility index (Phi) is 9.06. The minimum absolute atomic E-state index is 0. The molecule has 0 radical (unpaired) electrons. The predicted octanol–water partition coefficient (Wildman–Crippen LogP) is 2.64. The SMILES string of the molecule is CC(C(=O)NCC(c1ccccc1)N1CCCC1)C1CNC1.Cl.Cl. The molecule has 0 bridgehead atoms. The molecule has 2 N–H and O–H groups in total. The van der Waals surface area contributed by atoms with Gasteiger partial charge in [-0.2, -0.15) is 0 Å². The van der Waals surface area contributed by atoms with Crippen LogP contribution in [0.2, 0.25) is 0 Å². The fraction of sp³-hybridized carbons (Fsp3) is 0.611. The fourth-order valence-electron chi connectivity index (χ4n) is 3.42. The highest BCUT2D eigenvalue weighted by Crippen LogP contribution is 2.25. The van der Waals surface area contributed by atoms with E-state index in [1.807, 2.05) is 6.92 Å². The molecule has 2 aliphatic heterocycles. The maximum absolute atomic E-state index is 12.4. The van der Waals surface area contributed by atoms with Crippen molar-refractivity contribution in [3.05, 3.63) is 35.9 Å². The number of likely N-dealkylation sites (tertiary alicyclic amines) is 1. The summed E-state index contributed by atoms with van der Waals surface area (Å²) >= 11 is 0. The monoisotopic (exact) mass is 373 g/mol. The molecule has 2 heterocycles. The van der Waals surface area contributed by atoms with Crippen molar-refractivity contribution >= 4 is 30.7 Å². The van der Waals surface area contributed by atoms with E-state index in [1.54, 1.807) is 0 Å². The molecule has 3 rings (SSSR count). The molecule has 2 aliphatic rings. The van der Waals surface area contributed by atoms with Crippen molar-refractivity contribution in [2.45, 2.75) is 25.8 Å². The van der Waals surface area contributed by atoms with Crippen LogP contribution in [0.25, 0.3) is 0 Å². The summed E-state index contributed by atoms with van der Waals surface area (Å²) in [5, 5.41) is 6.44. The second kappa shape index (κ2) is 10.2. The Morgan fingerprint density at radius 1 is 1.21 bits per heavy atom. The zero-order valence-electron chi connectivity index (χ0n) is 14.2. The minimum Gasteiger partial charge on any atom is -0.354 e. The Morgan fingerprint density at radius 2 is 1.83 bits per heavy atom. The van der Waals surface area contributed by atoms with E-state index in [1.165, 1.54) is 18.4 Å². The van der Waals surface area contributed by atoms with Crippen molar-refractivity contribution in [1.82, 2.24) is 15.5 Å². The molecule has 24 heavy (non-hydrogen) atoms. The van der Waals surface area contributed by atoms with Gasteiger partial charge in [-0.3, -0.25) is 9.69 Å². The lowest BCUT2D eigenvalue weighted by Gasteiger charge is -2.33. The molecule has 0 aromatic heterocycles. The zero-order valence-corrected chi connectivity index (χ0v) is 15.9. The van der Waals surface area contributed by atoms with Gasteiger partial charge in [-0.25, -0.2) is 0 Å². The lowest BCUT2D eigenvalue weighted by atomic mass is 9.88. The van der Waals surface area contributed by atoms with Gasteiger partial charge in [0.1, 0.15) is 0 Å². The van der Waals surface area contributed by atoms with Gasteiger partial charge in [0.05, 0.1) is 6.04 Å². The van der Waals surface area contributed by atoms with Crippen molar-refractivity contribution in [1.29, 1.82) is 0 Å². The maximum atomic E-state index is 12.4. The van der Waals surface area contributed by atoms with Crippen LogP contribution in [0.3, 0.4) is 0 Å². The van der Waals surface area contributed by atoms with Crippen LogP contribution < -0.4 is 10.6 Å². The number of rotatable bonds is 6. The second-order valence-corrected chi connectivity index (χ2v) is 6.62. The van der Waals surface area contributed by atoms with Crippen molar-refractivity contribution in [3.8, 4) is 0 Å². The number of nitrogens with one attached hydrogen (secondary N) is 2. The normalized spacial score (nSPS) is 20.2. The Labute approximate surface area is 157 Å². The predicted molar refractivity (Wildman–Crippen MR) is 103 cm³/mol. The molecule has 6 heteroatoms. The van der Waals surface area contributed by atoms with E-state index < -0.39 is 0 Å². The third-order valence-electron chi connectivity index (χ3n) is 5.17. The van der Waals surface area contributed by atoms with E-state index in [-0.39, 0.29) is 36.6 Å². The second-order valence-electron chi connectivity index (χ2n) is 6.62. The van der Waals surface area contributed by atoms with Crippen LogP contribution >= 0.6 is 24.8 Å². The van der Waals surface area contributed by atoms with E-state index in [0.717, 1.165) is 26.2 Å². The van der Waals surface area contributed by atoms with Gasteiger partial charge in [0.2, 0.25) is 5.91 Å². The summed E-state index contributed by atoms with van der Waals surface area (Å²) in [7, 11) is 0. The van der Waals surface area contributed by atoms with E-state index >= 15 is 0 Å². The third kappa shape index (κ3) is 5.09. The molecule has 1 amide bonds. The van der Waals surface area contributed by atoms with Crippen LogP contribution in [-0.4, -0.2) is 43.5 Å². The number of hydrogen-bond acceptors (Lipinski definition) is 3. The summed E-state index contributed by atoms with van der Waals surface area (Å²) in [6, 6.07) is 10.9. The lowest BCUT2D eigenvalue weighted by molar-refractivity contribution is -0.126. The average molecular weight is 374 g/mol. The molecule has 1 aromatic carbocycles. The van der Waals surface area contributed by atoms with Crippen molar-refractivity contribution < 1.29 is 4.79 Å². The molecule has 2 fully saturated rings. The Balaban J connectivity index is 0.00000144.